The summed E-state index contributed by atoms with van der Waals surface area (Å²) < 4.78 is 38.4. The summed E-state index contributed by atoms with van der Waals surface area (Å²) in [5.74, 6) is 0.200. The van der Waals surface area contributed by atoms with E-state index in [1.165, 1.54) is 6.07 Å². The van der Waals surface area contributed by atoms with Crippen LogP contribution in [-0.4, -0.2) is 6.54 Å². The molecule has 88 valence electrons. The van der Waals surface area contributed by atoms with Crippen molar-refractivity contribution in [2.45, 2.75) is 24.9 Å². The van der Waals surface area contributed by atoms with Gasteiger partial charge in [0.1, 0.15) is 0 Å². The molecular weight excluding hydrogens is 215 g/mol. The second-order valence-corrected chi connectivity index (χ2v) is 4.26. The average molecular weight is 229 g/mol. The highest BCUT2D eigenvalue weighted by Crippen LogP contribution is 2.45. The first-order chi connectivity index (χ1) is 7.54. The molecule has 0 amide bonds. The van der Waals surface area contributed by atoms with Crippen LogP contribution in [0.25, 0.3) is 0 Å². The topological polar surface area (TPSA) is 26.0 Å². The summed E-state index contributed by atoms with van der Waals surface area (Å²) in [4.78, 5) is 0. The zero-order chi connectivity index (χ0) is 11.8. The second kappa shape index (κ2) is 4.09. The zero-order valence-corrected chi connectivity index (χ0v) is 8.80. The molecule has 0 bridgehead atoms. The van der Waals surface area contributed by atoms with Gasteiger partial charge < -0.3 is 5.73 Å². The molecule has 0 aromatic heterocycles. The first kappa shape index (κ1) is 11.5. The van der Waals surface area contributed by atoms with Gasteiger partial charge in [-0.1, -0.05) is 18.2 Å². The van der Waals surface area contributed by atoms with Crippen LogP contribution >= 0.6 is 0 Å². The van der Waals surface area contributed by atoms with Crippen molar-refractivity contribution in [3.8, 4) is 0 Å². The molecule has 1 aromatic carbocycles. The number of nitrogens with two attached hydrogens (primary N) is 1. The van der Waals surface area contributed by atoms with E-state index in [1.807, 2.05) is 0 Å². The number of benzene rings is 1. The average Bonchev–Trinajstić information content (AvgIpc) is 3.02. The van der Waals surface area contributed by atoms with Crippen molar-refractivity contribution in [3.05, 3.63) is 35.4 Å². The number of hydrogen-bond donors (Lipinski definition) is 1. The minimum atomic E-state index is -4.28. The summed E-state index contributed by atoms with van der Waals surface area (Å²) in [6, 6.07) is 5.77. The lowest BCUT2D eigenvalue weighted by Crippen LogP contribution is -2.19. The number of halogens is 3. The van der Waals surface area contributed by atoms with Gasteiger partial charge in [-0.25, -0.2) is 0 Å². The fourth-order valence-electron chi connectivity index (χ4n) is 2.15. The molecule has 1 saturated carbocycles. The molecule has 0 radical (unpaired) electrons. The molecule has 0 heterocycles. The highest BCUT2D eigenvalue weighted by Gasteiger charge is 2.39. The third-order valence-corrected chi connectivity index (χ3v) is 3.11. The van der Waals surface area contributed by atoms with Gasteiger partial charge in [-0.2, -0.15) is 13.2 Å². The van der Waals surface area contributed by atoms with Crippen LogP contribution in [0.1, 0.15) is 29.9 Å². The van der Waals surface area contributed by atoms with Gasteiger partial charge in [-0.15, -0.1) is 0 Å². The van der Waals surface area contributed by atoms with E-state index in [0.29, 0.717) is 11.5 Å². The monoisotopic (exact) mass is 229 g/mol. The van der Waals surface area contributed by atoms with Crippen molar-refractivity contribution in [2.75, 3.05) is 6.54 Å². The van der Waals surface area contributed by atoms with Gasteiger partial charge in [0.15, 0.2) is 0 Å². The van der Waals surface area contributed by atoms with Crippen molar-refractivity contribution < 1.29 is 13.2 Å². The van der Waals surface area contributed by atoms with Crippen LogP contribution in [0.4, 0.5) is 13.2 Å². The highest BCUT2D eigenvalue weighted by atomic mass is 19.4. The minimum Gasteiger partial charge on any atom is -0.330 e. The number of rotatable bonds is 3. The largest absolute Gasteiger partial charge is 0.416 e. The maximum Gasteiger partial charge on any atom is 0.416 e. The Morgan fingerprint density at radius 1 is 1.25 bits per heavy atom. The molecule has 4 heteroatoms. The van der Waals surface area contributed by atoms with Crippen LogP contribution in [0.15, 0.2) is 24.3 Å². The van der Waals surface area contributed by atoms with Crippen molar-refractivity contribution in [2.24, 2.45) is 11.7 Å². The van der Waals surface area contributed by atoms with Gasteiger partial charge in [0, 0.05) is 0 Å². The predicted octanol–water partition coefficient (Wildman–Crippen LogP) is 3.16. The Morgan fingerprint density at radius 2 is 1.88 bits per heavy atom. The molecule has 1 atom stereocenters. The highest BCUT2D eigenvalue weighted by molar-refractivity contribution is 5.34. The first-order valence-electron chi connectivity index (χ1n) is 5.40. The van der Waals surface area contributed by atoms with Gasteiger partial charge in [0.05, 0.1) is 5.56 Å². The lowest BCUT2D eigenvalue weighted by atomic mass is 9.90. The molecule has 16 heavy (non-hydrogen) atoms. The molecule has 1 aliphatic rings. The van der Waals surface area contributed by atoms with E-state index in [1.54, 1.807) is 12.1 Å². The molecule has 1 nitrogen and oxygen atoms in total. The van der Waals surface area contributed by atoms with E-state index in [2.05, 4.69) is 0 Å². The molecule has 1 aromatic rings. The molecule has 1 aliphatic carbocycles. The number of hydrogen-bond acceptors (Lipinski definition) is 1. The first-order valence-corrected chi connectivity index (χ1v) is 5.40. The van der Waals surface area contributed by atoms with Crippen LogP contribution in [0, 0.1) is 5.92 Å². The quantitative estimate of drug-likeness (QED) is 0.846. The maximum atomic E-state index is 12.8. The van der Waals surface area contributed by atoms with Crippen LogP contribution in [0.5, 0.6) is 0 Å². The fraction of sp³-hybridized carbons (Fsp3) is 0.500. The van der Waals surface area contributed by atoms with Gasteiger partial charge in [0.2, 0.25) is 0 Å². The third-order valence-electron chi connectivity index (χ3n) is 3.11. The molecule has 2 rings (SSSR count). The fourth-order valence-corrected chi connectivity index (χ4v) is 2.15. The molecular formula is C12H14F3N. The Morgan fingerprint density at radius 3 is 2.38 bits per heavy atom. The van der Waals surface area contributed by atoms with Crippen LogP contribution in [0.2, 0.25) is 0 Å². The molecule has 1 fully saturated rings. The normalized spacial score (nSPS) is 18.5. The smallest absolute Gasteiger partial charge is 0.330 e. The van der Waals surface area contributed by atoms with E-state index in [0.717, 1.165) is 18.9 Å². The van der Waals surface area contributed by atoms with Crippen molar-refractivity contribution in [1.82, 2.24) is 0 Å². The van der Waals surface area contributed by atoms with Gasteiger partial charge >= 0.3 is 6.18 Å². The summed E-state index contributed by atoms with van der Waals surface area (Å²) in [5, 5.41) is 0. The summed E-state index contributed by atoms with van der Waals surface area (Å²) in [7, 11) is 0. The van der Waals surface area contributed by atoms with Gasteiger partial charge in [-0.3, -0.25) is 0 Å². The van der Waals surface area contributed by atoms with Crippen molar-refractivity contribution >= 4 is 0 Å². The van der Waals surface area contributed by atoms with E-state index < -0.39 is 11.7 Å². The van der Waals surface area contributed by atoms with Crippen molar-refractivity contribution in [1.29, 1.82) is 0 Å². The molecule has 2 N–H and O–H groups in total. The second-order valence-electron chi connectivity index (χ2n) is 4.26. The third kappa shape index (κ3) is 2.21. The van der Waals surface area contributed by atoms with Crippen LogP contribution in [0.3, 0.4) is 0 Å². The lowest BCUT2D eigenvalue weighted by molar-refractivity contribution is -0.138. The van der Waals surface area contributed by atoms with Gasteiger partial charge in [-0.05, 0) is 42.9 Å². The van der Waals surface area contributed by atoms with Gasteiger partial charge in [0.25, 0.3) is 0 Å². The summed E-state index contributed by atoms with van der Waals surface area (Å²) >= 11 is 0. The van der Waals surface area contributed by atoms with E-state index in [4.69, 9.17) is 5.73 Å². The molecule has 0 aliphatic heterocycles. The van der Waals surface area contributed by atoms with E-state index in [9.17, 15) is 13.2 Å². The zero-order valence-electron chi connectivity index (χ0n) is 8.80. The lowest BCUT2D eigenvalue weighted by Gasteiger charge is -2.19. The molecule has 0 saturated heterocycles. The van der Waals surface area contributed by atoms with E-state index >= 15 is 0 Å². The number of alkyl halides is 3. The predicted molar refractivity (Wildman–Crippen MR) is 56.0 cm³/mol. The Hall–Kier alpha value is -1.03. The minimum absolute atomic E-state index is 0.141. The SMILES string of the molecule is NCC(c1ccccc1C(F)(F)F)C1CC1. The van der Waals surface area contributed by atoms with Crippen LogP contribution in [-0.2, 0) is 6.18 Å². The van der Waals surface area contributed by atoms with Crippen molar-refractivity contribution in [3.63, 3.8) is 0 Å². The van der Waals surface area contributed by atoms with E-state index in [-0.39, 0.29) is 12.5 Å². The maximum absolute atomic E-state index is 12.8. The Balaban J connectivity index is 2.38. The standard InChI is InChI=1S/C12H14F3N/c13-12(14,15)11-4-2-1-3-9(11)10(7-16)8-5-6-8/h1-4,8,10H,5-7,16H2. The Labute approximate surface area is 92.5 Å². The summed E-state index contributed by atoms with van der Waals surface area (Å²) in [6.45, 7) is 0.289. The van der Waals surface area contributed by atoms with Crippen LogP contribution < -0.4 is 5.73 Å². The Bertz CT molecular complexity index is 369. The summed E-state index contributed by atoms with van der Waals surface area (Å²) in [5.41, 5.74) is 5.42. The molecule has 1 unspecified atom stereocenters. The Kier molecular flexibility index (Phi) is 2.93. The molecule has 0 spiro atoms. The summed E-state index contributed by atoms with van der Waals surface area (Å²) in [6.07, 6.45) is -2.29.